The first-order chi connectivity index (χ1) is 6.69. The van der Waals surface area contributed by atoms with Gasteiger partial charge in [0.05, 0.1) is 7.11 Å². The third-order valence-corrected chi connectivity index (χ3v) is 2.53. The Labute approximate surface area is 91.0 Å². The summed E-state index contributed by atoms with van der Waals surface area (Å²) in [6, 6.07) is 6.36. The van der Waals surface area contributed by atoms with Crippen LogP contribution in [0.1, 0.15) is 30.9 Å². The number of hydrogen-bond donors (Lipinski definition) is 0. The molecule has 14 heavy (non-hydrogen) atoms. The Morgan fingerprint density at radius 2 is 2.07 bits per heavy atom. The van der Waals surface area contributed by atoms with Gasteiger partial charge in [-0.15, -0.1) is 11.6 Å². The molecule has 0 radical (unpaired) electrons. The van der Waals surface area contributed by atoms with Gasteiger partial charge >= 0.3 is 0 Å². The third-order valence-electron chi connectivity index (χ3n) is 2.34. The van der Waals surface area contributed by atoms with Gasteiger partial charge in [0.1, 0.15) is 5.75 Å². The fourth-order valence-electron chi connectivity index (χ4n) is 1.43. The van der Waals surface area contributed by atoms with Gasteiger partial charge in [0.15, 0.2) is 0 Å². The second-order valence-corrected chi connectivity index (χ2v) is 4.04. The molecule has 0 fully saturated rings. The van der Waals surface area contributed by atoms with E-state index in [4.69, 9.17) is 16.3 Å². The van der Waals surface area contributed by atoms with Crippen LogP contribution in [0, 0.1) is 0 Å². The van der Waals surface area contributed by atoms with Gasteiger partial charge in [-0.3, -0.25) is 0 Å². The number of alkyl halides is 1. The second-order valence-electron chi connectivity index (χ2n) is 3.66. The SMILES string of the molecule is COc1cc(C(C)C)ccc1CCCl. The smallest absolute Gasteiger partial charge is 0.122 e. The molecule has 0 saturated carbocycles. The molecule has 1 rings (SSSR count). The van der Waals surface area contributed by atoms with Crippen LogP contribution in [0.25, 0.3) is 0 Å². The Morgan fingerprint density at radius 1 is 1.36 bits per heavy atom. The van der Waals surface area contributed by atoms with E-state index in [1.807, 2.05) is 0 Å². The quantitative estimate of drug-likeness (QED) is 0.693. The molecule has 0 aromatic heterocycles. The highest BCUT2D eigenvalue weighted by atomic mass is 35.5. The Morgan fingerprint density at radius 3 is 2.57 bits per heavy atom. The molecule has 1 nitrogen and oxygen atoms in total. The molecule has 1 aromatic carbocycles. The van der Waals surface area contributed by atoms with Crippen molar-refractivity contribution in [1.29, 1.82) is 0 Å². The number of ether oxygens (including phenoxy) is 1. The Balaban J connectivity index is 2.98. The van der Waals surface area contributed by atoms with E-state index in [9.17, 15) is 0 Å². The average Bonchev–Trinajstić information content (AvgIpc) is 2.18. The minimum Gasteiger partial charge on any atom is -0.496 e. The summed E-state index contributed by atoms with van der Waals surface area (Å²) in [4.78, 5) is 0. The summed E-state index contributed by atoms with van der Waals surface area (Å²) in [7, 11) is 1.71. The van der Waals surface area contributed by atoms with E-state index in [-0.39, 0.29) is 0 Å². The second kappa shape index (κ2) is 5.26. The molecule has 0 aliphatic carbocycles. The Kier molecular flexibility index (Phi) is 4.27. The zero-order chi connectivity index (χ0) is 10.6. The molecule has 0 N–H and O–H groups in total. The molecule has 0 unspecified atom stereocenters. The van der Waals surface area contributed by atoms with E-state index in [0.717, 1.165) is 12.2 Å². The normalized spacial score (nSPS) is 10.6. The maximum atomic E-state index is 5.71. The lowest BCUT2D eigenvalue weighted by Gasteiger charge is -2.11. The van der Waals surface area contributed by atoms with E-state index in [0.29, 0.717) is 11.8 Å². The van der Waals surface area contributed by atoms with Gasteiger partial charge in [-0.1, -0.05) is 26.0 Å². The van der Waals surface area contributed by atoms with E-state index in [1.54, 1.807) is 7.11 Å². The maximum Gasteiger partial charge on any atom is 0.122 e. The van der Waals surface area contributed by atoms with Crippen molar-refractivity contribution in [2.24, 2.45) is 0 Å². The van der Waals surface area contributed by atoms with E-state index < -0.39 is 0 Å². The number of rotatable bonds is 4. The van der Waals surface area contributed by atoms with Crippen LogP contribution in [0.2, 0.25) is 0 Å². The Bertz CT molecular complexity index is 294. The molecule has 0 saturated heterocycles. The predicted molar refractivity (Wildman–Crippen MR) is 61.5 cm³/mol. The summed E-state index contributed by atoms with van der Waals surface area (Å²) in [5, 5.41) is 0. The minimum atomic E-state index is 0.536. The van der Waals surface area contributed by atoms with Crippen LogP contribution in [0.3, 0.4) is 0 Å². The van der Waals surface area contributed by atoms with Crippen molar-refractivity contribution in [2.75, 3.05) is 13.0 Å². The molecule has 0 aliphatic heterocycles. The van der Waals surface area contributed by atoms with E-state index >= 15 is 0 Å². The lowest BCUT2D eigenvalue weighted by molar-refractivity contribution is 0.409. The topological polar surface area (TPSA) is 9.23 Å². The number of methoxy groups -OCH3 is 1. The maximum absolute atomic E-state index is 5.71. The fourth-order valence-corrected chi connectivity index (χ4v) is 1.63. The van der Waals surface area contributed by atoms with Crippen LogP contribution in [-0.4, -0.2) is 13.0 Å². The molecule has 0 heterocycles. The average molecular weight is 213 g/mol. The highest BCUT2D eigenvalue weighted by Crippen LogP contribution is 2.25. The summed E-state index contributed by atoms with van der Waals surface area (Å²) < 4.78 is 5.33. The monoisotopic (exact) mass is 212 g/mol. The van der Waals surface area contributed by atoms with Gasteiger partial charge in [0.25, 0.3) is 0 Å². The van der Waals surface area contributed by atoms with Gasteiger partial charge in [0, 0.05) is 5.88 Å². The Hall–Kier alpha value is -0.690. The molecule has 0 bridgehead atoms. The molecule has 1 aromatic rings. The molecule has 0 amide bonds. The molecular formula is C12H17ClO. The molecule has 0 spiro atoms. The summed E-state index contributed by atoms with van der Waals surface area (Å²) in [5.41, 5.74) is 2.49. The van der Waals surface area contributed by atoms with Crippen LogP contribution < -0.4 is 4.74 Å². The van der Waals surface area contributed by atoms with Gasteiger partial charge in [-0.2, -0.15) is 0 Å². The highest BCUT2D eigenvalue weighted by Gasteiger charge is 2.05. The lowest BCUT2D eigenvalue weighted by Crippen LogP contribution is -1.96. The van der Waals surface area contributed by atoms with Crippen molar-refractivity contribution >= 4 is 11.6 Å². The molecule has 2 heteroatoms. The first kappa shape index (κ1) is 11.4. The lowest BCUT2D eigenvalue weighted by atomic mass is 10.00. The van der Waals surface area contributed by atoms with Crippen LogP contribution in [0.4, 0.5) is 0 Å². The van der Waals surface area contributed by atoms with Crippen molar-refractivity contribution < 1.29 is 4.74 Å². The van der Waals surface area contributed by atoms with Gasteiger partial charge in [-0.05, 0) is 29.5 Å². The molecule has 0 aliphatic rings. The molecule has 0 atom stereocenters. The van der Waals surface area contributed by atoms with E-state index in [1.165, 1.54) is 11.1 Å². The molecular weight excluding hydrogens is 196 g/mol. The minimum absolute atomic E-state index is 0.536. The summed E-state index contributed by atoms with van der Waals surface area (Å²) in [6.45, 7) is 4.35. The number of halogens is 1. The van der Waals surface area contributed by atoms with Crippen LogP contribution >= 0.6 is 11.6 Å². The third kappa shape index (κ3) is 2.65. The van der Waals surface area contributed by atoms with Crippen LogP contribution in [0.15, 0.2) is 18.2 Å². The van der Waals surface area contributed by atoms with Crippen molar-refractivity contribution in [1.82, 2.24) is 0 Å². The zero-order valence-corrected chi connectivity index (χ0v) is 9.77. The fraction of sp³-hybridized carbons (Fsp3) is 0.500. The predicted octanol–water partition coefficient (Wildman–Crippen LogP) is 3.60. The van der Waals surface area contributed by atoms with Crippen molar-refractivity contribution in [2.45, 2.75) is 26.2 Å². The molecule has 78 valence electrons. The number of benzene rings is 1. The van der Waals surface area contributed by atoms with E-state index in [2.05, 4.69) is 32.0 Å². The van der Waals surface area contributed by atoms with Gasteiger partial charge < -0.3 is 4.74 Å². The summed E-state index contributed by atoms with van der Waals surface area (Å²) >= 11 is 5.71. The largest absolute Gasteiger partial charge is 0.496 e. The van der Waals surface area contributed by atoms with Crippen molar-refractivity contribution in [3.05, 3.63) is 29.3 Å². The first-order valence-corrected chi connectivity index (χ1v) is 5.45. The summed E-state index contributed by atoms with van der Waals surface area (Å²) in [6.07, 6.45) is 0.864. The highest BCUT2D eigenvalue weighted by molar-refractivity contribution is 6.18. The summed E-state index contributed by atoms with van der Waals surface area (Å²) in [5.74, 6) is 2.13. The number of hydrogen-bond acceptors (Lipinski definition) is 1. The first-order valence-electron chi connectivity index (χ1n) is 4.91. The van der Waals surface area contributed by atoms with Crippen molar-refractivity contribution in [3.8, 4) is 5.75 Å². The van der Waals surface area contributed by atoms with Crippen LogP contribution in [0.5, 0.6) is 5.75 Å². The van der Waals surface area contributed by atoms with Crippen molar-refractivity contribution in [3.63, 3.8) is 0 Å². The van der Waals surface area contributed by atoms with Crippen LogP contribution in [-0.2, 0) is 6.42 Å². The van der Waals surface area contributed by atoms with Gasteiger partial charge in [-0.25, -0.2) is 0 Å². The zero-order valence-electron chi connectivity index (χ0n) is 9.01. The standard InChI is InChI=1S/C12H17ClO/c1-9(2)11-5-4-10(6-7-13)12(8-11)14-3/h4-5,8-9H,6-7H2,1-3H3. The number of aryl methyl sites for hydroxylation is 1. The van der Waals surface area contributed by atoms with Gasteiger partial charge in [0.2, 0.25) is 0 Å².